The van der Waals surface area contributed by atoms with E-state index in [1.54, 1.807) is 25.2 Å². The number of nitrogens with one attached hydrogen (secondary N) is 2. The van der Waals surface area contributed by atoms with Crippen molar-refractivity contribution in [1.82, 2.24) is 5.32 Å². The molecule has 110 valence electrons. The molecule has 21 heavy (non-hydrogen) atoms. The zero-order valence-electron chi connectivity index (χ0n) is 11.8. The van der Waals surface area contributed by atoms with Crippen LogP contribution in [0.2, 0.25) is 0 Å². The van der Waals surface area contributed by atoms with Crippen LogP contribution in [0, 0.1) is 18.6 Å². The molecule has 0 heterocycles. The second-order valence-corrected chi connectivity index (χ2v) is 4.68. The number of aryl methyl sites for hydroxylation is 1. The van der Waals surface area contributed by atoms with Crippen molar-refractivity contribution in [2.24, 2.45) is 0 Å². The van der Waals surface area contributed by atoms with Crippen molar-refractivity contribution in [3.8, 4) is 0 Å². The number of anilines is 1. The number of carbonyl (C=O) groups is 1. The zero-order chi connectivity index (χ0) is 15.4. The van der Waals surface area contributed by atoms with Gasteiger partial charge in [-0.05, 0) is 36.8 Å². The van der Waals surface area contributed by atoms with Gasteiger partial charge in [0.15, 0.2) is 11.6 Å². The van der Waals surface area contributed by atoms with Crippen LogP contribution >= 0.6 is 0 Å². The lowest BCUT2D eigenvalue weighted by atomic mass is 10.1. The molecule has 2 aromatic rings. The summed E-state index contributed by atoms with van der Waals surface area (Å²) in [5.41, 5.74) is 2.43. The van der Waals surface area contributed by atoms with E-state index in [0.717, 1.165) is 17.3 Å². The van der Waals surface area contributed by atoms with Gasteiger partial charge in [0.1, 0.15) is 0 Å². The average Bonchev–Trinajstić information content (AvgIpc) is 2.49. The lowest BCUT2D eigenvalue weighted by Crippen LogP contribution is -2.18. The molecule has 0 aromatic heterocycles. The maximum Gasteiger partial charge on any atom is 0.251 e. The van der Waals surface area contributed by atoms with Crippen molar-refractivity contribution in [2.75, 3.05) is 12.4 Å². The molecule has 0 saturated heterocycles. The number of hydrogen-bond donors (Lipinski definition) is 2. The smallest absolute Gasteiger partial charge is 0.251 e. The quantitative estimate of drug-likeness (QED) is 0.907. The van der Waals surface area contributed by atoms with Gasteiger partial charge in [0.25, 0.3) is 5.91 Å². The van der Waals surface area contributed by atoms with Crippen molar-refractivity contribution in [3.63, 3.8) is 0 Å². The molecule has 2 rings (SSSR count). The fraction of sp³-hybridized carbons (Fsp3) is 0.188. The van der Waals surface area contributed by atoms with E-state index in [0.29, 0.717) is 5.56 Å². The molecule has 0 aliphatic carbocycles. The van der Waals surface area contributed by atoms with Crippen LogP contribution in [0.5, 0.6) is 0 Å². The standard InChI is InChI=1S/C16H16F2N2O/c1-10-8-11(16(21)19-2)6-7-14(10)20-9-12-4-3-5-13(17)15(12)18/h3-8,20H,9H2,1-2H3,(H,19,21). The molecular formula is C16H16F2N2O. The highest BCUT2D eigenvalue weighted by Crippen LogP contribution is 2.19. The highest BCUT2D eigenvalue weighted by molar-refractivity contribution is 5.94. The Labute approximate surface area is 122 Å². The minimum absolute atomic E-state index is 0.166. The van der Waals surface area contributed by atoms with Gasteiger partial charge in [-0.3, -0.25) is 4.79 Å². The summed E-state index contributed by atoms with van der Waals surface area (Å²) in [6.07, 6.45) is 0. The summed E-state index contributed by atoms with van der Waals surface area (Å²) in [7, 11) is 1.57. The van der Waals surface area contributed by atoms with Gasteiger partial charge in [0.2, 0.25) is 0 Å². The summed E-state index contributed by atoms with van der Waals surface area (Å²) in [6, 6.07) is 9.25. The van der Waals surface area contributed by atoms with Crippen LogP contribution in [0.15, 0.2) is 36.4 Å². The molecule has 1 amide bonds. The second kappa shape index (κ2) is 6.35. The summed E-state index contributed by atoms with van der Waals surface area (Å²) in [5.74, 6) is -1.87. The molecule has 3 nitrogen and oxygen atoms in total. The number of hydrogen-bond acceptors (Lipinski definition) is 2. The van der Waals surface area contributed by atoms with Gasteiger partial charge >= 0.3 is 0 Å². The number of rotatable bonds is 4. The molecule has 0 aliphatic heterocycles. The molecule has 0 saturated carbocycles. The van der Waals surface area contributed by atoms with Crippen LogP contribution in [0.1, 0.15) is 21.5 Å². The third-order valence-corrected chi connectivity index (χ3v) is 3.22. The Morgan fingerprint density at radius 2 is 1.95 bits per heavy atom. The Morgan fingerprint density at radius 3 is 2.62 bits per heavy atom. The van der Waals surface area contributed by atoms with Crippen LogP contribution in [-0.4, -0.2) is 13.0 Å². The SMILES string of the molecule is CNC(=O)c1ccc(NCc2cccc(F)c2F)c(C)c1. The van der Waals surface area contributed by atoms with Crippen LogP contribution in [0.3, 0.4) is 0 Å². The van der Waals surface area contributed by atoms with Crippen LogP contribution in [0.25, 0.3) is 0 Å². The maximum absolute atomic E-state index is 13.6. The largest absolute Gasteiger partial charge is 0.381 e. The van der Waals surface area contributed by atoms with Gasteiger partial charge < -0.3 is 10.6 Å². The van der Waals surface area contributed by atoms with E-state index in [1.807, 2.05) is 6.92 Å². The highest BCUT2D eigenvalue weighted by atomic mass is 19.2. The molecule has 0 spiro atoms. The van der Waals surface area contributed by atoms with Crippen molar-refractivity contribution in [3.05, 3.63) is 64.7 Å². The molecule has 0 radical (unpaired) electrons. The molecule has 0 bridgehead atoms. The third-order valence-electron chi connectivity index (χ3n) is 3.22. The van der Waals surface area contributed by atoms with E-state index < -0.39 is 11.6 Å². The Hall–Kier alpha value is -2.43. The monoisotopic (exact) mass is 290 g/mol. The van der Waals surface area contributed by atoms with Gasteiger partial charge in [-0.25, -0.2) is 8.78 Å². The Bertz CT molecular complexity index is 671. The predicted octanol–water partition coefficient (Wildman–Crippen LogP) is 3.24. The van der Waals surface area contributed by atoms with Gasteiger partial charge in [-0.15, -0.1) is 0 Å². The lowest BCUT2D eigenvalue weighted by Gasteiger charge is -2.11. The summed E-state index contributed by atoms with van der Waals surface area (Å²) < 4.78 is 26.7. The van der Waals surface area contributed by atoms with Crippen LogP contribution in [-0.2, 0) is 6.54 Å². The average molecular weight is 290 g/mol. The summed E-state index contributed by atoms with van der Waals surface area (Å²) >= 11 is 0. The maximum atomic E-state index is 13.6. The fourth-order valence-electron chi connectivity index (χ4n) is 2.02. The van der Waals surface area contributed by atoms with Gasteiger partial charge in [0.05, 0.1) is 0 Å². The van der Waals surface area contributed by atoms with E-state index in [4.69, 9.17) is 0 Å². The Kier molecular flexibility index (Phi) is 4.52. The Morgan fingerprint density at radius 1 is 1.19 bits per heavy atom. The lowest BCUT2D eigenvalue weighted by molar-refractivity contribution is 0.0963. The molecule has 2 aromatic carbocycles. The van der Waals surface area contributed by atoms with E-state index in [2.05, 4.69) is 10.6 Å². The molecule has 0 atom stereocenters. The molecule has 0 aliphatic rings. The first kappa shape index (κ1) is 15.0. The van der Waals surface area contributed by atoms with E-state index in [1.165, 1.54) is 12.1 Å². The number of amides is 1. The van der Waals surface area contributed by atoms with Crippen molar-refractivity contribution in [2.45, 2.75) is 13.5 Å². The first-order chi connectivity index (χ1) is 10.0. The fourth-order valence-corrected chi connectivity index (χ4v) is 2.02. The topological polar surface area (TPSA) is 41.1 Å². The first-order valence-corrected chi connectivity index (χ1v) is 6.52. The third kappa shape index (κ3) is 3.37. The molecular weight excluding hydrogens is 274 g/mol. The molecule has 0 fully saturated rings. The Balaban J connectivity index is 2.13. The number of halogens is 2. The molecule has 2 N–H and O–H groups in total. The summed E-state index contributed by atoms with van der Waals surface area (Å²) in [5, 5.41) is 5.59. The predicted molar refractivity (Wildman–Crippen MR) is 78.3 cm³/mol. The van der Waals surface area contributed by atoms with Crippen LogP contribution < -0.4 is 10.6 Å². The van der Waals surface area contributed by atoms with E-state index >= 15 is 0 Å². The minimum Gasteiger partial charge on any atom is -0.381 e. The normalized spacial score (nSPS) is 10.3. The summed E-state index contributed by atoms with van der Waals surface area (Å²) in [6.45, 7) is 2.01. The first-order valence-electron chi connectivity index (χ1n) is 6.52. The van der Waals surface area contributed by atoms with Gasteiger partial charge in [-0.2, -0.15) is 0 Å². The van der Waals surface area contributed by atoms with Crippen molar-refractivity contribution < 1.29 is 13.6 Å². The van der Waals surface area contributed by atoms with Gasteiger partial charge in [0, 0.05) is 30.4 Å². The zero-order valence-corrected chi connectivity index (χ0v) is 11.8. The van der Waals surface area contributed by atoms with Crippen LogP contribution in [0.4, 0.5) is 14.5 Å². The molecule has 0 unspecified atom stereocenters. The van der Waals surface area contributed by atoms with E-state index in [9.17, 15) is 13.6 Å². The number of benzene rings is 2. The minimum atomic E-state index is -0.860. The van der Waals surface area contributed by atoms with E-state index in [-0.39, 0.29) is 18.0 Å². The van der Waals surface area contributed by atoms with Crippen molar-refractivity contribution in [1.29, 1.82) is 0 Å². The second-order valence-electron chi connectivity index (χ2n) is 4.68. The molecule has 5 heteroatoms. The van der Waals surface area contributed by atoms with Gasteiger partial charge in [-0.1, -0.05) is 12.1 Å². The summed E-state index contributed by atoms with van der Waals surface area (Å²) in [4.78, 5) is 11.5. The number of carbonyl (C=O) groups excluding carboxylic acids is 1. The highest BCUT2D eigenvalue weighted by Gasteiger charge is 2.09. The van der Waals surface area contributed by atoms with Crippen molar-refractivity contribution >= 4 is 11.6 Å².